The molecule has 0 saturated carbocycles. The van der Waals surface area contributed by atoms with Crippen molar-refractivity contribution in [2.75, 3.05) is 0 Å². The molecule has 3 heterocycles. The van der Waals surface area contributed by atoms with Gasteiger partial charge in [-0.25, -0.2) is 9.55 Å². The van der Waals surface area contributed by atoms with E-state index >= 15 is 0 Å². The highest BCUT2D eigenvalue weighted by Crippen LogP contribution is 2.43. The third-order valence-corrected chi connectivity index (χ3v) is 7.16. The molecule has 0 aliphatic heterocycles. The fourth-order valence-electron chi connectivity index (χ4n) is 5.53. The van der Waals surface area contributed by atoms with Crippen LogP contribution in [0.5, 0.6) is 0 Å². The average molecular weight is 478 g/mol. The Morgan fingerprint density at radius 3 is 2.25 bits per heavy atom. The smallest absolute Gasteiger partial charge is 0.227 e. The highest BCUT2D eigenvalue weighted by molar-refractivity contribution is 6.31. The lowest BCUT2D eigenvalue weighted by Crippen LogP contribution is -2.29. The Balaban J connectivity index is 1.93. The molecule has 36 heavy (non-hydrogen) atoms. The summed E-state index contributed by atoms with van der Waals surface area (Å²) in [6, 6.07) is 16.9. The molecule has 0 atom stereocenters. The lowest BCUT2D eigenvalue weighted by atomic mass is 9.84. The third-order valence-electron chi connectivity index (χ3n) is 7.16. The second-order valence-electron chi connectivity index (χ2n) is 12.2. The van der Waals surface area contributed by atoms with Crippen LogP contribution in [0.2, 0.25) is 0 Å². The number of fused-ring (bicyclic) bond motifs is 10. The van der Waals surface area contributed by atoms with Gasteiger partial charge in [-0.15, -0.1) is 0 Å². The van der Waals surface area contributed by atoms with Crippen LogP contribution in [-0.2, 0) is 18.8 Å². The van der Waals surface area contributed by atoms with Crippen molar-refractivity contribution in [3.63, 3.8) is 0 Å². The van der Waals surface area contributed by atoms with Crippen LogP contribution in [0.3, 0.4) is 0 Å². The van der Waals surface area contributed by atoms with Gasteiger partial charge in [-0.1, -0.05) is 65.8 Å². The van der Waals surface area contributed by atoms with Crippen LogP contribution in [0, 0.1) is 12.3 Å². The molecular formula is C33H35N2O+. The van der Waals surface area contributed by atoms with E-state index in [0.29, 0.717) is 11.3 Å². The van der Waals surface area contributed by atoms with Gasteiger partial charge in [-0.3, -0.25) is 0 Å². The normalized spacial score (nSPS) is 14.3. The predicted octanol–water partition coefficient (Wildman–Crippen LogP) is 8.46. The molecule has 3 heteroatoms. The minimum Gasteiger partial charge on any atom is -0.437 e. The summed E-state index contributed by atoms with van der Waals surface area (Å²) in [4.78, 5) is 4.93. The minimum absolute atomic E-state index is 0.0979. The molecule has 3 aromatic carbocycles. The fraction of sp³-hybridized carbons (Fsp3) is 0.333. The van der Waals surface area contributed by atoms with E-state index < -0.39 is 11.8 Å². The zero-order valence-corrected chi connectivity index (χ0v) is 22.5. The van der Waals surface area contributed by atoms with Gasteiger partial charge in [0.1, 0.15) is 12.6 Å². The van der Waals surface area contributed by atoms with Gasteiger partial charge >= 0.3 is 0 Å². The molecule has 6 rings (SSSR count). The van der Waals surface area contributed by atoms with Crippen LogP contribution in [0.25, 0.3) is 54.5 Å². The Morgan fingerprint density at radius 1 is 0.833 bits per heavy atom. The standard InChI is InChI=1S/C33H35N2O/c1-19-10-9-11-21-22-12-13-23-24-14-15-25(33(5,6)7)34-31(24)36-30(23)28(22)27-20(18-32(2,3)4)16-17-35(8)29(27)26(19)21/h9-17H,18H2,1-8H3/q+1/i18D2. The number of furan rings is 1. The van der Waals surface area contributed by atoms with Gasteiger partial charge in [-0.2, -0.15) is 0 Å². The van der Waals surface area contributed by atoms with E-state index in [1.807, 2.05) is 40.1 Å². The highest BCUT2D eigenvalue weighted by Gasteiger charge is 2.26. The Kier molecular flexibility index (Phi) is 4.33. The summed E-state index contributed by atoms with van der Waals surface area (Å²) in [5, 5.41) is 7.19. The molecule has 0 aliphatic carbocycles. The van der Waals surface area contributed by atoms with Crippen LogP contribution in [-0.4, -0.2) is 4.98 Å². The first-order valence-electron chi connectivity index (χ1n) is 13.7. The number of aryl methyl sites for hydroxylation is 2. The Hall–Kier alpha value is -3.46. The van der Waals surface area contributed by atoms with Gasteiger partial charge in [0.15, 0.2) is 6.20 Å². The lowest BCUT2D eigenvalue weighted by Gasteiger charge is -2.20. The number of nitrogens with zero attached hydrogens (tertiary/aromatic N) is 2. The molecule has 3 nitrogen and oxygen atoms in total. The van der Waals surface area contributed by atoms with Gasteiger partial charge in [0.2, 0.25) is 11.2 Å². The topological polar surface area (TPSA) is 29.9 Å². The molecule has 3 aromatic heterocycles. The van der Waals surface area contributed by atoms with E-state index in [9.17, 15) is 2.74 Å². The minimum atomic E-state index is -1.59. The molecule has 182 valence electrons. The van der Waals surface area contributed by atoms with Gasteiger partial charge in [0, 0.05) is 36.1 Å². The van der Waals surface area contributed by atoms with Crippen molar-refractivity contribution < 1.29 is 11.7 Å². The van der Waals surface area contributed by atoms with Crippen LogP contribution in [0.15, 0.2) is 59.1 Å². The molecule has 0 aliphatic rings. The highest BCUT2D eigenvalue weighted by atomic mass is 16.3. The van der Waals surface area contributed by atoms with E-state index in [1.54, 1.807) is 0 Å². The first-order chi connectivity index (χ1) is 17.7. The predicted molar refractivity (Wildman–Crippen MR) is 152 cm³/mol. The van der Waals surface area contributed by atoms with E-state index in [-0.39, 0.29) is 5.41 Å². The Bertz CT molecular complexity index is 1940. The number of rotatable bonds is 1. The van der Waals surface area contributed by atoms with Crippen LogP contribution < -0.4 is 4.57 Å². The zero-order chi connectivity index (χ0) is 27.4. The van der Waals surface area contributed by atoms with Gasteiger partial charge in [-0.05, 0) is 58.8 Å². The fourth-order valence-corrected chi connectivity index (χ4v) is 5.53. The largest absolute Gasteiger partial charge is 0.437 e. The molecule has 0 bridgehead atoms. The second kappa shape index (κ2) is 7.52. The number of aromatic nitrogens is 2. The first kappa shape index (κ1) is 20.7. The van der Waals surface area contributed by atoms with Crippen molar-refractivity contribution in [2.45, 2.75) is 60.3 Å². The molecule has 6 aromatic rings. The summed E-state index contributed by atoms with van der Waals surface area (Å²) in [7, 11) is 2.05. The molecule has 0 amide bonds. The number of benzene rings is 3. The first-order valence-corrected chi connectivity index (χ1v) is 12.7. The van der Waals surface area contributed by atoms with Crippen LogP contribution >= 0.6 is 0 Å². The maximum Gasteiger partial charge on any atom is 0.227 e. The van der Waals surface area contributed by atoms with Crippen molar-refractivity contribution in [1.82, 2.24) is 4.98 Å². The number of hydrogen-bond donors (Lipinski definition) is 0. The summed E-state index contributed by atoms with van der Waals surface area (Å²) in [6.07, 6.45) is 0.406. The van der Waals surface area contributed by atoms with Gasteiger partial charge < -0.3 is 4.42 Å². The average Bonchev–Trinajstić information content (AvgIpc) is 3.21. The van der Waals surface area contributed by atoms with E-state index in [1.165, 1.54) is 5.56 Å². The molecule has 0 N–H and O–H groups in total. The van der Waals surface area contributed by atoms with Crippen molar-refractivity contribution >= 4 is 54.5 Å². The number of pyridine rings is 2. The maximum atomic E-state index is 9.34. The summed E-state index contributed by atoms with van der Waals surface area (Å²) in [5.41, 5.74) is 4.53. The van der Waals surface area contributed by atoms with E-state index in [0.717, 1.165) is 54.5 Å². The summed E-state index contributed by atoms with van der Waals surface area (Å²) in [5.74, 6) is 0. The SMILES string of the molecule is [2H]C([2H])(c1cc[n+](C)c2c3c(C)cccc3c3ccc4c5ccc(C(C)(C)C)nc5oc4c3c12)C(C)(C)C. The Morgan fingerprint density at radius 2 is 1.53 bits per heavy atom. The van der Waals surface area contributed by atoms with Crippen molar-refractivity contribution in [2.24, 2.45) is 12.5 Å². The Labute approximate surface area is 215 Å². The van der Waals surface area contributed by atoms with Crippen molar-refractivity contribution in [3.8, 4) is 0 Å². The van der Waals surface area contributed by atoms with E-state index in [2.05, 4.69) is 74.7 Å². The van der Waals surface area contributed by atoms with Gasteiger partial charge in [0.05, 0.1) is 10.8 Å². The van der Waals surface area contributed by atoms with Crippen molar-refractivity contribution in [3.05, 3.63) is 71.5 Å². The molecule has 0 unspecified atom stereocenters. The molecule has 0 fully saturated rings. The summed E-state index contributed by atoms with van der Waals surface area (Å²) in [6.45, 7) is 14.5. The summed E-state index contributed by atoms with van der Waals surface area (Å²) < 4.78 is 27.4. The molecule has 0 saturated heterocycles. The van der Waals surface area contributed by atoms with Crippen molar-refractivity contribution in [1.29, 1.82) is 0 Å². The molecular weight excluding hydrogens is 440 g/mol. The van der Waals surface area contributed by atoms with Crippen LogP contribution in [0.1, 0.15) is 61.1 Å². The quantitative estimate of drug-likeness (QED) is 0.176. The lowest BCUT2D eigenvalue weighted by molar-refractivity contribution is -0.644. The molecule has 0 spiro atoms. The second-order valence-corrected chi connectivity index (χ2v) is 12.2. The molecule has 0 radical (unpaired) electrons. The maximum absolute atomic E-state index is 9.34. The number of hydrogen-bond acceptors (Lipinski definition) is 2. The van der Waals surface area contributed by atoms with Gasteiger partial charge in [0.25, 0.3) is 0 Å². The summed E-state index contributed by atoms with van der Waals surface area (Å²) >= 11 is 0. The van der Waals surface area contributed by atoms with Crippen LogP contribution in [0.4, 0.5) is 0 Å². The van der Waals surface area contributed by atoms with E-state index in [4.69, 9.17) is 9.40 Å². The third kappa shape index (κ3) is 3.40. The zero-order valence-electron chi connectivity index (χ0n) is 24.5. The monoisotopic (exact) mass is 477 g/mol.